The lowest BCUT2D eigenvalue weighted by atomic mass is 10.2. The lowest BCUT2D eigenvalue weighted by Gasteiger charge is -2.18. The first-order valence-corrected chi connectivity index (χ1v) is 7.53. The molecule has 0 aromatic heterocycles. The summed E-state index contributed by atoms with van der Waals surface area (Å²) in [4.78, 5) is 25.3. The van der Waals surface area contributed by atoms with Crippen molar-refractivity contribution >= 4 is 29.6 Å². The van der Waals surface area contributed by atoms with Gasteiger partial charge in [-0.25, -0.2) is 9.82 Å². The van der Waals surface area contributed by atoms with Crippen molar-refractivity contribution in [2.75, 3.05) is 13.1 Å². The number of hydrogen-bond acceptors (Lipinski definition) is 3. The Bertz CT molecular complexity index is 564. The van der Waals surface area contributed by atoms with Gasteiger partial charge in [-0.3, -0.25) is 9.59 Å². The van der Waals surface area contributed by atoms with Crippen LogP contribution in [0.1, 0.15) is 31.2 Å². The highest BCUT2D eigenvalue weighted by Gasteiger charge is 2.22. The van der Waals surface area contributed by atoms with Crippen LogP contribution in [0.4, 0.5) is 4.39 Å². The lowest BCUT2D eigenvalue weighted by Crippen LogP contribution is -2.41. The van der Waals surface area contributed by atoms with Gasteiger partial charge in [0.1, 0.15) is 5.82 Å². The fraction of sp³-hybridized carbons (Fsp3) is 0.400. The van der Waals surface area contributed by atoms with Crippen molar-refractivity contribution in [3.63, 3.8) is 0 Å². The third kappa shape index (κ3) is 4.27. The molecule has 1 fully saturated rings. The standard InChI is InChI=1S/C15H17ClFN3O2/c16-12-6-5-7-13(17)11(12)10-18-19-14(21)15(22)20-8-3-1-2-4-9-20/h5-7,10H,1-4,8-9H2,(H,19,21). The third-order valence-electron chi connectivity index (χ3n) is 3.45. The van der Waals surface area contributed by atoms with Crippen LogP contribution in [-0.2, 0) is 9.59 Å². The normalized spacial score (nSPS) is 15.6. The van der Waals surface area contributed by atoms with Crippen molar-refractivity contribution in [2.45, 2.75) is 25.7 Å². The number of carbonyl (C=O) groups is 2. The molecule has 1 saturated heterocycles. The number of benzene rings is 1. The topological polar surface area (TPSA) is 61.8 Å². The molecule has 0 aliphatic carbocycles. The van der Waals surface area contributed by atoms with Crippen molar-refractivity contribution in [1.29, 1.82) is 0 Å². The highest BCUT2D eigenvalue weighted by molar-refractivity contribution is 6.35. The summed E-state index contributed by atoms with van der Waals surface area (Å²) in [6, 6.07) is 4.21. The van der Waals surface area contributed by atoms with E-state index in [1.54, 1.807) is 0 Å². The fourth-order valence-electron chi connectivity index (χ4n) is 2.25. The molecule has 0 bridgehead atoms. The van der Waals surface area contributed by atoms with Crippen molar-refractivity contribution in [3.8, 4) is 0 Å². The summed E-state index contributed by atoms with van der Waals surface area (Å²) in [6.07, 6.45) is 5.01. The number of rotatable bonds is 2. The molecule has 0 spiro atoms. The van der Waals surface area contributed by atoms with Crippen LogP contribution in [0.15, 0.2) is 23.3 Å². The number of amides is 2. The van der Waals surface area contributed by atoms with E-state index in [1.807, 2.05) is 0 Å². The van der Waals surface area contributed by atoms with Gasteiger partial charge in [-0.15, -0.1) is 0 Å². The maximum Gasteiger partial charge on any atom is 0.329 e. The summed E-state index contributed by atoms with van der Waals surface area (Å²) in [6.45, 7) is 1.16. The van der Waals surface area contributed by atoms with Gasteiger partial charge in [0.05, 0.1) is 11.2 Å². The van der Waals surface area contributed by atoms with E-state index in [1.165, 1.54) is 23.1 Å². The molecular weight excluding hydrogens is 309 g/mol. The van der Waals surface area contributed by atoms with Crippen LogP contribution < -0.4 is 5.43 Å². The predicted molar refractivity (Wildman–Crippen MR) is 82.2 cm³/mol. The molecule has 1 heterocycles. The second kappa shape index (κ2) is 7.89. The number of carbonyl (C=O) groups excluding carboxylic acids is 2. The van der Waals surface area contributed by atoms with Crippen molar-refractivity contribution in [1.82, 2.24) is 10.3 Å². The largest absolute Gasteiger partial charge is 0.334 e. The molecule has 2 rings (SSSR count). The molecule has 5 nitrogen and oxygen atoms in total. The molecule has 7 heteroatoms. The van der Waals surface area contributed by atoms with E-state index in [2.05, 4.69) is 10.5 Å². The number of halogens is 2. The Hall–Kier alpha value is -1.95. The minimum absolute atomic E-state index is 0.0617. The highest BCUT2D eigenvalue weighted by atomic mass is 35.5. The first-order chi connectivity index (χ1) is 10.6. The van der Waals surface area contributed by atoms with Crippen LogP contribution in [0.25, 0.3) is 0 Å². The Morgan fingerprint density at radius 1 is 1.23 bits per heavy atom. The number of nitrogens with one attached hydrogen (secondary N) is 1. The van der Waals surface area contributed by atoms with Gasteiger partial charge in [0.15, 0.2) is 0 Å². The van der Waals surface area contributed by atoms with Crippen molar-refractivity contribution in [2.24, 2.45) is 5.10 Å². The summed E-state index contributed by atoms with van der Waals surface area (Å²) >= 11 is 5.83. The molecule has 0 atom stereocenters. The van der Waals surface area contributed by atoms with Gasteiger partial charge in [0.25, 0.3) is 0 Å². The first kappa shape index (κ1) is 16.4. The maximum absolute atomic E-state index is 13.5. The zero-order chi connectivity index (χ0) is 15.9. The Morgan fingerprint density at radius 3 is 2.55 bits per heavy atom. The molecule has 0 saturated carbocycles. The summed E-state index contributed by atoms with van der Waals surface area (Å²) in [5.41, 5.74) is 2.18. The molecule has 22 heavy (non-hydrogen) atoms. The third-order valence-corrected chi connectivity index (χ3v) is 3.78. The van der Waals surface area contributed by atoms with Crippen molar-refractivity contribution < 1.29 is 14.0 Å². The summed E-state index contributed by atoms with van der Waals surface area (Å²) in [5.74, 6) is -1.99. The summed E-state index contributed by atoms with van der Waals surface area (Å²) in [7, 11) is 0. The van der Waals surface area contributed by atoms with E-state index in [9.17, 15) is 14.0 Å². The molecule has 1 aliphatic heterocycles. The van der Waals surface area contributed by atoms with Gasteiger partial charge in [0, 0.05) is 18.7 Å². The quantitative estimate of drug-likeness (QED) is 0.515. The minimum Gasteiger partial charge on any atom is -0.334 e. The Kier molecular flexibility index (Phi) is 5.89. The number of likely N-dealkylation sites (tertiary alicyclic amines) is 1. The molecule has 1 aromatic carbocycles. The molecular formula is C15H17ClFN3O2. The monoisotopic (exact) mass is 325 g/mol. The Balaban J connectivity index is 1.94. The molecule has 1 aromatic rings. The summed E-state index contributed by atoms with van der Waals surface area (Å²) in [5, 5.41) is 3.78. The second-order valence-corrected chi connectivity index (χ2v) is 5.45. The second-order valence-electron chi connectivity index (χ2n) is 5.04. The average molecular weight is 326 g/mol. The number of hydrazone groups is 1. The van der Waals surface area contributed by atoms with Gasteiger partial charge in [-0.2, -0.15) is 5.10 Å². The smallest absolute Gasteiger partial charge is 0.329 e. The first-order valence-electron chi connectivity index (χ1n) is 7.16. The van der Waals surface area contributed by atoms with E-state index in [4.69, 9.17) is 11.6 Å². The molecule has 0 unspecified atom stereocenters. The van der Waals surface area contributed by atoms with Crippen LogP contribution >= 0.6 is 11.6 Å². The Labute approximate surface area is 133 Å². The maximum atomic E-state index is 13.5. The molecule has 0 radical (unpaired) electrons. The molecule has 2 amide bonds. The van der Waals surface area contributed by atoms with Crippen LogP contribution in [-0.4, -0.2) is 36.0 Å². The van der Waals surface area contributed by atoms with Gasteiger partial charge in [0.2, 0.25) is 0 Å². The molecule has 1 N–H and O–H groups in total. The molecule has 118 valence electrons. The van der Waals surface area contributed by atoms with E-state index < -0.39 is 17.6 Å². The van der Waals surface area contributed by atoms with E-state index in [0.717, 1.165) is 31.9 Å². The fourth-order valence-corrected chi connectivity index (χ4v) is 2.47. The van der Waals surface area contributed by atoms with Crippen molar-refractivity contribution in [3.05, 3.63) is 34.6 Å². The average Bonchev–Trinajstić information content (AvgIpc) is 2.78. The van der Waals surface area contributed by atoms with Gasteiger partial charge in [-0.1, -0.05) is 30.5 Å². The van der Waals surface area contributed by atoms with Gasteiger partial charge >= 0.3 is 11.8 Å². The number of nitrogens with zero attached hydrogens (tertiary/aromatic N) is 2. The zero-order valence-corrected chi connectivity index (χ0v) is 12.8. The SMILES string of the molecule is O=C(NN=Cc1c(F)cccc1Cl)C(=O)N1CCCCCC1. The highest BCUT2D eigenvalue weighted by Crippen LogP contribution is 2.16. The minimum atomic E-state index is -0.828. The van der Waals surface area contributed by atoms with E-state index in [-0.39, 0.29) is 10.6 Å². The summed E-state index contributed by atoms with van der Waals surface area (Å²) < 4.78 is 13.5. The Morgan fingerprint density at radius 2 is 1.91 bits per heavy atom. The van der Waals surface area contributed by atoms with E-state index >= 15 is 0 Å². The van der Waals surface area contributed by atoms with Crippen LogP contribution in [0.5, 0.6) is 0 Å². The number of hydrogen-bond donors (Lipinski definition) is 1. The van der Waals surface area contributed by atoms with E-state index in [0.29, 0.717) is 13.1 Å². The van der Waals surface area contributed by atoms with Crippen LogP contribution in [0.3, 0.4) is 0 Å². The lowest BCUT2D eigenvalue weighted by molar-refractivity contribution is -0.145. The predicted octanol–water partition coefficient (Wildman–Crippen LogP) is 2.33. The van der Waals surface area contributed by atoms with Crippen LogP contribution in [0, 0.1) is 5.82 Å². The van der Waals surface area contributed by atoms with Gasteiger partial charge < -0.3 is 4.90 Å². The molecule has 1 aliphatic rings. The zero-order valence-electron chi connectivity index (χ0n) is 12.0. The van der Waals surface area contributed by atoms with Gasteiger partial charge in [-0.05, 0) is 25.0 Å². The van der Waals surface area contributed by atoms with Crippen LogP contribution in [0.2, 0.25) is 5.02 Å².